The maximum Gasteiger partial charge on any atom is 0.341 e. The minimum atomic E-state index is -1.15. The summed E-state index contributed by atoms with van der Waals surface area (Å²) in [6.07, 6.45) is 0.979. The fourth-order valence-corrected chi connectivity index (χ4v) is 3.01. The molecule has 0 aromatic heterocycles. The normalized spacial score (nSPS) is 13.8. The number of hydrogen-bond donors (Lipinski definition) is 5. The summed E-state index contributed by atoms with van der Waals surface area (Å²) in [5.74, 6) is -3.07. The number of methoxy groups -OCH3 is 1. The number of aliphatic imine (C=N–C) groups is 1. The predicted octanol–water partition coefficient (Wildman–Crippen LogP) is 0.244. The first-order valence-corrected chi connectivity index (χ1v) is 10.8. The van der Waals surface area contributed by atoms with Gasteiger partial charge in [-0.25, -0.2) is 9.59 Å². The number of ether oxygens (including phenoxy) is 1. The lowest BCUT2D eigenvalue weighted by atomic mass is 9.98. The predicted molar refractivity (Wildman–Crippen MR) is 123 cm³/mol. The number of nitrogens with one attached hydrogen (secondary N) is 3. The van der Waals surface area contributed by atoms with Crippen molar-refractivity contribution >= 4 is 35.4 Å². The Morgan fingerprint density at radius 2 is 1.94 bits per heavy atom. The van der Waals surface area contributed by atoms with E-state index < -0.39 is 47.5 Å². The Morgan fingerprint density at radius 1 is 1.26 bits per heavy atom. The molecule has 1 unspecified atom stereocenters. The van der Waals surface area contributed by atoms with Crippen molar-refractivity contribution in [1.82, 2.24) is 10.6 Å². The number of anilines is 1. The van der Waals surface area contributed by atoms with E-state index in [-0.39, 0.29) is 30.1 Å². The number of urea groups is 1. The molecule has 6 N–H and O–H groups in total. The summed E-state index contributed by atoms with van der Waals surface area (Å²) in [7, 11) is 1.17. The minimum absolute atomic E-state index is 0.0823. The Kier molecular flexibility index (Phi) is 11.3. The van der Waals surface area contributed by atoms with E-state index in [2.05, 4.69) is 25.7 Å². The summed E-state index contributed by atoms with van der Waals surface area (Å²) in [6.45, 7) is 5.09. The highest BCUT2D eigenvalue weighted by Gasteiger charge is 2.22. The number of phenols is 1. The number of hydrogen-bond acceptors (Lipinski definition) is 8. The van der Waals surface area contributed by atoms with Crippen molar-refractivity contribution in [2.75, 3.05) is 19.0 Å². The number of nitrogens with zero attached hydrogens (tertiary/aromatic N) is 1. The molecule has 0 aliphatic rings. The second-order valence-electron chi connectivity index (χ2n) is 7.69. The summed E-state index contributed by atoms with van der Waals surface area (Å²) in [5.41, 5.74) is 5.12. The first kappa shape index (κ1) is 28.2. The third-order valence-electron chi connectivity index (χ3n) is 5.05. The number of primary amides is 1. The quantitative estimate of drug-likeness (QED) is 0.123. The van der Waals surface area contributed by atoms with Crippen molar-refractivity contribution in [3.8, 4) is 5.75 Å². The fraction of sp³-hybridized carbons (Fsp3) is 0.500. The third kappa shape index (κ3) is 8.96. The number of carbonyl (C=O) groups excluding carboxylic acids is 4. The molecule has 1 aromatic carbocycles. The molecule has 12 heteroatoms. The number of rotatable bonds is 12. The van der Waals surface area contributed by atoms with Crippen molar-refractivity contribution < 1.29 is 34.1 Å². The number of benzene rings is 1. The standard InChI is InChI=1S/C22H33N5O7/c1-5-12(2)18(25-13(3)28)20(31)27-16(7-6-10-24-22(23)33)19(30)26-14-8-9-15(17(29)11-14)21(32)34-4/h8-9,11-12,16,18,29H,5-7,10H2,1-4H3,(H,25,28)(H,26,30)(H,27,31)(H3,23,24,33)/p-1/t12?,16-,18-/m0/s1. The SMILES string of the molecule is CCC(C)[C@H](NC(C)=O)C([O-])=N[C@@H](CCCNC(N)=O)C(=O)Nc1ccc(C(=O)OC)c(O)c1. The molecule has 12 nitrogen and oxygen atoms in total. The lowest BCUT2D eigenvalue weighted by Crippen LogP contribution is -2.50. The second kappa shape index (κ2) is 13.7. The van der Waals surface area contributed by atoms with Crippen molar-refractivity contribution in [3.63, 3.8) is 0 Å². The number of amides is 4. The zero-order chi connectivity index (χ0) is 25.8. The number of aromatic hydroxyl groups is 1. The monoisotopic (exact) mass is 478 g/mol. The smallest absolute Gasteiger partial charge is 0.341 e. The Balaban J connectivity index is 3.14. The summed E-state index contributed by atoms with van der Waals surface area (Å²) in [5, 5.41) is 30.4. The van der Waals surface area contributed by atoms with E-state index in [1.54, 1.807) is 6.92 Å². The molecule has 0 saturated heterocycles. The number of nitrogens with two attached hydrogens (primary N) is 1. The van der Waals surface area contributed by atoms with Crippen molar-refractivity contribution in [2.24, 2.45) is 16.6 Å². The number of esters is 1. The van der Waals surface area contributed by atoms with Crippen LogP contribution in [-0.4, -0.2) is 60.6 Å². The zero-order valence-corrected chi connectivity index (χ0v) is 19.7. The van der Waals surface area contributed by atoms with Crippen molar-refractivity contribution in [1.29, 1.82) is 0 Å². The van der Waals surface area contributed by atoms with Gasteiger partial charge in [-0.3, -0.25) is 14.6 Å². The Morgan fingerprint density at radius 3 is 2.47 bits per heavy atom. The highest BCUT2D eigenvalue weighted by Crippen LogP contribution is 2.23. The van der Waals surface area contributed by atoms with Gasteiger partial charge >= 0.3 is 12.0 Å². The van der Waals surface area contributed by atoms with Gasteiger partial charge in [-0.15, -0.1) is 0 Å². The third-order valence-corrected chi connectivity index (χ3v) is 5.05. The molecule has 0 heterocycles. The van der Waals surface area contributed by atoms with Crippen LogP contribution >= 0.6 is 0 Å². The van der Waals surface area contributed by atoms with Gasteiger partial charge in [0.15, 0.2) is 0 Å². The molecule has 0 radical (unpaired) electrons. The molecular formula is C22H32N5O7-. The molecule has 0 saturated carbocycles. The van der Waals surface area contributed by atoms with Crippen LogP contribution in [0.15, 0.2) is 23.2 Å². The van der Waals surface area contributed by atoms with Gasteiger partial charge in [-0.2, -0.15) is 0 Å². The molecule has 3 atom stereocenters. The van der Waals surface area contributed by atoms with Crippen LogP contribution in [0.1, 0.15) is 50.4 Å². The largest absolute Gasteiger partial charge is 0.861 e. The molecule has 1 aromatic rings. The van der Waals surface area contributed by atoms with Crippen LogP contribution < -0.4 is 26.8 Å². The Hall–Kier alpha value is -3.83. The van der Waals surface area contributed by atoms with Crippen LogP contribution in [0.25, 0.3) is 0 Å². The van der Waals surface area contributed by atoms with E-state index in [4.69, 9.17) is 5.73 Å². The summed E-state index contributed by atoms with van der Waals surface area (Å²) in [6, 6.07) is 1.06. The highest BCUT2D eigenvalue weighted by atomic mass is 16.5. The molecule has 188 valence electrons. The van der Waals surface area contributed by atoms with Gasteiger partial charge in [0.25, 0.3) is 0 Å². The average molecular weight is 479 g/mol. The van der Waals surface area contributed by atoms with Gasteiger partial charge < -0.3 is 36.6 Å². The molecule has 0 bridgehead atoms. The Bertz CT molecular complexity index is 919. The van der Waals surface area contributed by atoms with Crippen LogP contribution in [0, 0.1) is 5.92 Å². The Labute approximate surface area is 198 Å². The van der Waals surface area contributed by atoms with Crippen molar-refractivity contribution in [3.05, 3.63) is 23.8 Å². The molecule has 4 amide bonds. The summed E-state index contributed by atoms with van der Waals surface area (Å²) < 4.78 is 4.56. The van der Waals surface area contributed by atoms with Gasteiger partial charge in [-0.1, -0.05) is 20.3 Å². The van der Waals surface area contributed by atoms with Crippen molar-refractivity contribution in [2.45, 2.75) is 52.1 Å². The summed E-state index contributed by atoms with van der Waals surface area (Å²) >= 11 is 0. The average Bonchev–Trinajstić information content (AvgIpc) is 2.77. The van der Waals surface area contributed by atoms with Gasteiger partial charge in [0.05, 0.1) is 13.2 Å². The van der Waals surface area contributed by atoms with E-state index in [1.165, 1.54) is 26.2 Å². The highest BCUT2D eigenvalue weighted by molar-refractivity contribution is 5.98. The van der Waals surface area contributed by atoms with Crippen LogP contribution in [0.4, 0.5) is 10.5 Å². The van der Waals surface area contributed by atoms with E-state index in [0.29, 0.717) is 12.8 Å². The molecular weight excluding hydrogens is 446 g/mol. The van der Waals surface area contributed by atoms with Gasteiger partial charge in [0, 0.05) is 25.2 Å². The molecule has 0 aliphatic carbocycles. The molecule has 0 spiro atoms. The first-order valence-electron chi connectivity index (χ1n) is 10.8. The molecule has 34 heavy (non-hydrogen) atoms. The first-order chi connectivity index (χ1) is 16.0. The fourth-order valence-electron chi connectivity index (χ4n) is 3.01. The maximum atomic E-state index is 12.9. The van der Waals surface area contributed by atoms with Gasteiger partial charge in [0.1, 0.15) is 17.4 Å². The maximum absolute atomic E-state index is 12.9. The van der Waals surface area contributed by atoms with E-state index >= 15 is 0 Å². The van der Waals surface area contributed by atoms with Crippen LogP contribution in [-0.2, 0) is 14.3 Å². The van der Waals surface area contributed by atoms with Gasteiger partial charge in [-0.05, 0) is 36.8 Å². The van der Waals surface area contributed by atoms with E-state index in [0.717, 1.165) is 6.07 Å². The lowest BCUT2D eigenvalue weighted by molar-refractivity contribution is -0.223. The molecule has 1 rings (SSSR count). The van der Waals surface area contributed by atoms with E-state index in [9.17, 15) is 29.4 Å². The lowest BCUT2D eigenvalue weighted by Gasteiger charge is -2.30. The second-order valence-corrected chi connectivity index (χ2v) is 7.69. The van der Waals surface area contributed by atoms with Crippen LogP contribution in [0.2, 0.25) is 0 Å². The topological polar surface area (TPSA) is 195 Å². The molecule has 0 aliphatic heterocycles. The number of phenolic OH excluding ortho intramolecular Hbond substituents is 1. The zero-order valence-electron chi connectivity index (χ0n) is 19.7. The molecule has 0 fully saturated rings. The minimum Gasteiger partial charge on any atom is -0.861 e. The number of carbonyl (C=O) groups is 4. The van der Waals surface area contributed by atoms with E-state index in [1.807, 2.05) is 6.92 Å². The van der Waals surface area contributed by atoms with Crippen LogP contribution in [0.5, 0.6) is 5.75 Å². The van der Waals surface area contributed by atoms with Crippen LogP contribution in [0.3, 0.4) is 0 Å². The van der Waals surface area contributed by atoms with Gasteiger partial charge in [0.2, 0.25) is 11.8 Å². The summed E-state index contributed by atoms with van der Waals surface area (Å²) in [4.78, 5) is 51.0.